The van der Waals surface area contributed by atoms with Crippen LogP contribution in [0.3, 0.4) is 0 Å². The molecule has 2 fully saturated rings. The average molecular weight is 241 g/mol. The first-order chi connectivity index (χ1) is 8.09. The van der Waals surface area contributed by atoms with Crippen LogP contribution in [0, 0.1) is 0 Å². The zero-order valence-corrected chi connectivity index (χ0v) is 10.7. The van der Waals surface area contributed by atoms with E-state index >= 15 is 0 Å². The lowest BCUT2D eigenvalue weighted by molar-refractivity contribution is -0.124. The maximum atomic E-state index is 11.9. The molecule has 0 aromatic heterocycles. The molecule has 2 heterocycles. The Kier molecular flexibility index (Phi) is 4.01. The van der Waals surface area contributed by atoms with Crippen molar-refractivity contribution in [3.05, 3.63) is 0 Å². The lowest BCUT2D eigenvalue weighted by Crippen LogP contribution is -2.59. The van der Waals surface area contributed by atoms with Gasteiger partial charge in [0.25, 0.3) is 0 Å². The van der Waals surface area contributed by atoms with Gasteiger partial charge in [0.2, 0.25) is 5.91 Å². The van der Waals surface area contributed by atoms with E-state index in [0.717, 1.165) is 26.0 Å². The van der Waals surface area contributed by atoms with Gasteiger partial charge >= 0.3 is 0 Å². The first-order valence-corrected chi connectivity index (χ1v) is 6.47. The van der Waals surface area contributed by atoms with Crippen LogP contribution in [0.4, 0.5) is 0 Å². The zero-order valence-electron chi connectivity index (χ0n) is 10.7. The van der Waals surface area contributed by atoms with Crippen LogP contribution < -0.4 is 16.0 Å². The molecule has 0 saturated carbocycles. The third-order valence-electron chi connectivity index (χ3n) is 3.59. The SMILES string of the molecule is CC1CNC(C(=O)NCC2(C)CCCO2)CN1. The minimum atomic E-state index is -0.162. The number of nitrogens with one attached hydrogen (secondary N) is 3. The number of carbonyl (C=O) groups excluding carboxylic acids is 1. The Labute approximate surface area is 103 Å². The summed E-state index contributed by atoms with van der Waals surface area (Å²) in [4.78, 5) is 11.9. The van der Waals surface area contributed by atoms with Gasteiger partial charge < -0.3 is 20.7 Å². The Morgan fingerprint density at radius 1 is 1.47 bits per heavy atom. The molecule has 0 aromatic rings. The predicted octanol–water partition coefficient (Wildman–Crippen LogP) is -0.378. The van der Waals surface area contributed by atoms with Crippen molar-refractivity contribution >= 4 is 5.91 Å². The number of carbonyl (C=O) groups is 1. The van der Waals surface area contributed by atoms with Gasteiger partial charge in [0.15, 0.2) is 0 Å². The number of hydrogen-bond acceptors (Lipinski definition) is 4. The monoisotopic (exact) mass is 241 g/mol. The Morgan fingerprint density at radius 2 is 2.29 bits per heavy atom. The van der Waals surface area contributed by atoms with E-state index in [0.29, 0.717) is 19.1 Å². The van der Waals surface area contributed by atoms with Gasteiger partial charge in [-0.2, -0.15) is 0 Å². The van der Waals surface area contributed by atoms with Gasteiger partial charge in [0.1, 0.15) is 0 Å². The molecule has 3 atom stereocenters. The Hall–Kier alpha value is -0.650. The van der Waals surface area contributed by atoms with E-state index in [1.807, 2.05) is 0 Å². The molecule has 0 radical (unpaired) electrons. The molecule has 5 nitrogen and oxygen atoms in total. The molecule has 2 aliphatic rings. The van der Waals surface area contributed by atoms with Crippen LogP contribution in [0.15, 0.2) is 0 Å². The predicted molar refractivity (Wildman–Crippen MR) is 65.9 cm³/mol. The third kappa shape index (κ3) is 3.40. The zero-order chi connectivity index (χ0) is 12.3. The smallest absolute Gasteiger partial charge is 0.238 e. The lowest BCUT2D eigenvalue weighted by atomic mass is 10.0. The van der Waals surface area contributed by atoms with Crippen molar-refractivity contribution < 1.29 is 9.53 Å². The molecule has 2 rings (SSSR count). The molecular weight excluding hydrogens is 218 g/mol. The van der Waals surface area contributed by atoms with Crippen LogP contribution in [0.5, 0.6) is 0 Å². The quantitative estimate of drug-likeness (QED) is 0.630. The van der Waals surface area contributed by atoms with E-state index in [2.05, 4.69) is 29.8 Å². The number of ether oxygens (including phenoxy) is 1. The summed E-state index contributed by atoms with van der Waals surface area (Å²) in [6, 6.07) is 0.325. The highest BCUT2D eigenvalue weighted by Gasteiger charge is 2.31. The molecule has 0 aromatic carbocycles. The molecular formula is C12H23N3O2. The van der Waals surface area contributed by atoms with E-state index in [9.17, 15) is 4.79 Å². The van der Waals surface area contributed by atoms with E-state index in [4.69, 9.17) is 4.74 Å². The average Bonchev–Trinajstić information content (AvgIpc) is 2.75. The molecule has 17 heavy (non-hydrogen) atoms. The van der Waals surface area contributed by atoms with E-state index in [1.165, 1.54) is 0 Å². The standard InChI is InChI=1S/C12H23N3O2/c1-9-6-14-10(7-13-9)11(16)15-8-12(2)4-3-5-17-12/h9-10,13-14H,3-8H2,1-2H3,(H,15,16). The summed E-state index contributed by atoms with van der Waals surface area (Å²) >= 11 is 0. The summed E-state index contributed by atoms with van der Waals surface area (Å²) in [7, 11) is 0. The van der Waals surface area contributed by atoms with Crippen LogP contribution in [0.1, 0.15) is 26.7 Å². The largest absolute Gasteiger partial charge is 0.373 e. The molecule has 5 heteroatoms. The minimum absolute atomic E-state index is 0.0705. The van der Waals surface area contributed by atoms with Crippen molar-refractivity contribution in [2.75, 3.05) is 26.2 Å². The lowest BCUT2D eigenvalue weighted by Gasteiger charge is -2.30. The highest BCUT2D eigenvalue weighted by Crippen LogP contribution is 2.23. The highest BCUT2D eigenvalue weighted by molar-refractivity contribution is 5.82. The molecule has 98 valence electrons. The van der Waals surface area contributed by atoms with Crippen molar-refractivity contribution in [1.29, 1.82) is 0 Å². The summed E-state index contributed by atoms with van der Waals surface area (Å²) in [6.07, 6.45) is 2.12. The van der Waals surface area contributed by atoms with Crippen LogP contribution in [0.25, 0.3) is 0 Å². The second kappa shape index (κ2) is 5.33. The second-order valence-corrected chi connectivity index (χ2v) is 5.39. The Bertz CT molecular complexity index is 269. The first-order valence-electron chi connectivity index (χ1n) is 6.47. The van der Waals surface area contributed by atoms with Crippen LogP contribution in [-0.2, 0) is 9.53 Å². The fraction of sp³-hybridized carbons (Fsp3) is 0.917. The molecule has 3 unspecified atom stereocenters. The fourth-order valence-electron chi connectivity index (χ4n) is 2.34. The number of piperazine rings is 1. The number of amides is 1. The van der Waals surface area contributed by atoms with Crippen LogP contribution >= 0.6 is 0 Å². The topological polar surface area (TPSA) is 62.4 Å². The molecule has 0 aliphatic carbocycles. The van der Waals surface area contributed by atoms with Crippen molar-refractivity contribution in [2.45, 2.75) is 44.4 Å². The maximum absolute atomic E-state index is 11.9. The van der Waals surface area contributed by atoms with Crippen LogP contribution in [-0.4, -0.2) is 49.8 Å². The van der Waals surface area contributed by atoms with Gasteiger partial charge in [0, 0.05) is 32.3 Å². The van der Waals surface area contributed by atoms with Gasteiger partial charge in [-0.05, 0) is 26.7 Å². The minimum Gasteiger partial charge on any atom is -0.373 e. The first kappa shape index (κ1) is 12.8. The summed E-state index contributed by atoms with van der Waals surface area (Å²) in [5.74, 6) is 0.0705. The summed E-state index contributed by atoms with van der Waals surface area (Å²) in [6.45, 7) is 7.13. The van der Waals surface area contributed by atoms with E-state index in [1.54, 1.807) is 0 Å². The Balaban J connectivity index is 1.73. The summed E-state index contributed by atoms with van der Waals surface area (Å²) in [5.41, 5.74) is -0.162. The molecule has 3 N–H and O–H groups in total. The van der Waals surface area contributed by atoms with Gasteiger partial charge in [-0.1, -0.05) is 0 Å². The highest BCUT2D eigenvalue weighted by atomic mass is 16.5. The Morgan fingerprint density at radius 3 is 2.88 bits per heavy atom. The number of rotatable bonds is 3. The van der Waals surface area contributed by atoms with Crippen molar-refractivity contribution in [3.63, 3.8) is 0 Å². The van der Waals surface area contributed by atoms with E-state index in [-0.39, 0.29) is 17.6 Å². The molecule has 2 aliphatic heterocycles. The number of hydrogen-bond donors (Lipinski definition) is 3. The normalized spacial score (nSPS) is 38.0. The molecule has 1 amide bonds. The third-order valence-corrected chi connectivity index (χ3v) is 3.59. The molecule has 2 saturated heterocycles. The van der Waals surface area contributed by atoms with E-state index < -0.39 is 0 Å². The van der Waals surface area contributed by atoms with Crippen molar-refractivity contribution in [2.24, 2.45) is 0 Å². The van der Waals surface area contributed by atoms with Gasteiger partial charge in [-0.25, -0.2) is 0 Å². The van der Waals surface area contributed by atoms with Crippen molar-refractivity contribution in [1.82, 2.24) is 16.0 Å². The van der Waals surface area contributed by atoms with Gasteiger partial charge in [-0.3, -0.25) is 4.79 Å². The molecule has 0 bridgehead atoms. The van der Waals surface area contributed by atoms with Gasteiger partial charge in [0.05, 0.1) is 11.6 Å². The van der Waals surface area contributed by atoms with Gasteiger partial charge in [-0.15, -0.1) is 0 Å². The van der Waals surface area contributed by atoms with Crippen molar-refractivity contribution in [3.8, 4) is 0 Å². The maximum Gasteiger partial charge on any atom is 0.238 e. The summed E-state index contributed by atoms with van der Waals surface area (Å²) in [5, 5.41) is 9.52. The second-order valence-electron chi connectivity index (χ2n) is 5.39. The van der Waals surface area contributed by atoms with Crippen LogP contribution in [0.2, 0.25) is 0 Å². The molecule has 0 spiro atoms. The fourth-order valence-corrected chi connectivity index (χ4v) is 2.34. The summed E-state index contributed by atoms with van der Waals surface area (Å²) < 4.78 is 5.64.